The van der Waals surface area contributed by atoms with E-state index in [-0.39, 0.29) is 5.56 Å². The van der Waals surface area contributed by atoms with Crippen LogP contribution in [-0.4, -0.2) is 5.91 Å². The van der Waals surface area contributed by atoms with Crippen molar-refractivity contribution in [3.63, 3.8) is 0 Å². The molecular formula is C18H12F3NO3. The first-order valence-corrected chi connectivity index (χ1v) is 7.27. The summed E-state index contributed by atoms with van der Waals surface area (Å²) in [5.74, 6) is -0.567. The van der Waals surface area contributed by atoms with E-state index in [9.17, 15) is 22.8 Å². The van der Waals surface area contributed by atoms with Gasteiger partial charge in [-0.2, -0.15) is 13.2 Å². The Hall–Kier alpha value is -3.09. The van der Waals surface area contributed by atoms with Crippen LogP contribution >= 0.6 is 0 Å². The van der Waals surface area contributed by atoms with Crippen molar-refractivity contribution < 1.29 is 22.4 Å². The minimum absolute atomic E-state index is 0.0822. The maximum Gasteiger partial charge on any atom is 0.416 e. The second-order valence-corrected chi connectivity index (χ2v) is 5.49. The van der Waals surface area contributed by atoms with Crippen molar-refractivity contribution in [3.8, 4) is 0 Å². The molecule has 3 aromatic rings. The summed E-state index contributed by atoms with van der Waals surface area (Å²) in [5, 5.41) is 3.29. The quantitative estimate of drug-likeness (QED) is 0.700. The lowest BCUT2D eigenvalue weighted by Crippen LogP contribution is -2.13. The van der Waals surface area contributed by atoms with Crippen LogP contribution in [0.4, 0.5) is 18.9 Å². The van der Waals surface area contributed by atoms with E-state index in [1.54, 1.807) is 19.1 Å². The fourth-order valence-corrected chi connectivity index (χ4v) is 2.42. The van der Waals surface area contributed by atoms with Gasteiger partial charge < -0.3 is 9.73 Å². The molecule has 128 valence electrons. The van der Waals surface area contributed by atoms with Gasteiger partial charge in [-0.25, -0.2) is 4.79 Å². The number of fused-ring (bicyclic) bond motifs is 1. The molecular weight excluding hydrogens is 335 g/mol. The summed E-state index contributed by atoms with van der Waals surface area (Å²) in [6.07, 6.45) is -4.46. The number of rotatable bonds is 2. The van der Waals surface area contributed by atoms with Crippen LogP contribution in [0.5, 0.6) is 0 Å². The van der Waals surface area contributed by atoms with Gasteiger partial charge in [-0.05, 0) is 48.9 Å². The molecule has 0 aliphatic carbocycles. The maximum absolute atomic E-state index is 12.5. The molecule has 0 aliphatic rings. The number of halogens is 3. The number of benzene rings is 2. The molecule has 7 heteroatoms. The van der Waals surface area contributed by atoms with E-state index < -0.39 is 23.3 Å². The number of alkyl halides is 3. The lowest BCUT2D eigenvalue weighted by Gasteiger charge is -2.09. The highest BCUT2D eigenvalue weighted by Gasteiger charge is 2.30. The highest BCUT2D eigenvalue weighted by atomic mass is 19.4. The minimum Gasteiger partial charge on any atom is -0.423 e. The first-order chi connectivity index (χ1) is 11.7. The highest BCUT2D eigenvalue weighted by molar-refractivity contribution is 6.05. The highest BCUT2D eigenvalue weighted by Crippen LogP contribution is 2.29. The van der Waals surface area contributed by atoms with Crippen molar-refractivity contribution in [2.75, 3.05) is 5.32 Å². The van der Waals surface area contributed by atoms with Crippen molar-refractivity contribution in [2.45, 2.75) is 13.1 Å². The zero-order chi connectivity index (χ0) is 18.2. The second-order valence-electron chi connectivity index (χ2n) is 5.49. The predicted molar refractivity (Wildman–Crippen MR) is 86.6 cm³/mol. The van der Waals surface area contributed by atoms with Gasteiger partial charge in [-0.15, -0.1) is 0 Å². The molecule has 25 heavy (non-hydrogen) atoms. The van der Waals surface area contributed by atoms with E-state index >= 15 is 0 Å². The van der Waals surface area contributed by atoms with Crippen molar-refractivity contribution in [1.82, 2.24) is 0 Å². The summed E-state index contributed by atoms with van der Waals surface area (Å²) >= 11 is 0. The molecule has 0 saturated heterocycles. The number of anilines is 1. The summed E-state index contributed by atoms with van der Waals surface area (Å²) in [4.78, 5) is 23.6. The number of carbonyl (C=O) groups is 1. The average molecular weight is 347 g/mol. The number of aryl methyl sites for hydroxylation is 1. The summed E-state index contributed by atoms with van der Waals surface area (Å²) in [6.45, 7) is 1.76. The Bertz CT molecular complexity index is 1000. The monoisotopic (exact) mass is 347 g/mol. The molecule has 1 aromatic heterocycles. The van der Waals surface area contributed by atoms with E-state index in [1.165, 1.54) is 12.1 Å². The van der Waals surface area contributed by atoms with Crippen molar-refractivity contribution in [3.05, 3.63) is 75.6 Å². The number of hydrogen-bond acceptors (Lipinski definition) is 3. The molecule has 4 nitrogen and oxygen atoms in total. The fraction of sp³-hybridized carbons (Fsp3) is 0.111. The second kappa shape index (κ2) is 6.08. The fourth-order valence-electron chi connectivity index (χ4n) is 2.42. The first-order valence-electron chi connectivity index (χ1n) is 7.27. The predicted octanol–water partition coefficient (Wildman–Crippen LogP) is 4.37. The molecule has 0 fully saturated rings. The zero-order valence-corrected chi connectivity index (χ0v) is 13.0. The molecule has 0 unspecified atom stereocenters. The van der Waals surface area contributed by atoms with Crippen LogP contribution in [0.15, 0.2) is 57.7 Å². The van der Waals surface area contributed by atoms with Gasteiger partial charge >= 0.3 is 11.8 Å². The molecule has 1 N–H and O–H groups in total. The maximum atomic E-state index is 12.5. The van der Waals surface area contributed by atoms with Crippen molar-refractivity contribution >= 4 is 22.6 Å². The normalized spacial score (nSPS) is 11.5. The Kier molecular flexibility index (Phi) is 4.08. The van der Waals surface area contributed by atoms with Gasteiger partial charge in [0.1, 0.15) is 5.58 Å². The van der Waals surface area contributed by atoms with E-state index in [2.05, 4.69) is 5.32 Å². The van der Waals surface area contributed by atoms with E-state index in [0.29, 0.717) is 11.3 Å². The third-order valence-electron chi connectivity index (χ3n) is 3.68. The molecule has 2 aromatic carbocycles. The first kappa shape index (κ1) is 16.8. The van der Waals surface area contributed by atoms with Crippen LogP contribution < -0.4 is 10.9 Å². The van der Waals surface area contributed by atoms with Gasteiger partial charge in [0.15, 0.2) is 0 Å². The molecule has 0 aliphatic heterocycles. The smallest absolute Gasteiger partial charge is 0.416 e. The molecule has 0 atom stereocenters. The van der Waals surface area contributed by atoms with Crippen molar-refractivity contribution in [2.24, 2.45) is 0 Å². The molecule has 0 saturated carbocycles. The van der Waals surface area contributed by atoms with Crippen molar-refractivity contribution in [1.29, 1.82) is 0 Å². The van der Waals surface area contributed by atoms with E-state index in [0.717, 1.165) is 35.2 Å². The van der Waals surface area contributed by atoms with Gasteiger partial charge in [-0.3, -0.25) is 4.79 Å². The van der Waals surface area contributed by atoms with E-state index in [1.807, 2.05) is 0 Å². The zero-order valence-electron chi connectivity index (χ0n) is 13.0. The van der Waals surface area contributed by atoms with Gasteiger partial charge in [0.2, 0.25) is 0 Å². The summed E-state index contributed by atoms with van der Waals surface area (Å²) < 4.78 is 42.7. The number of hydrogen-bond donors (Lipinski definition) is 1. The SMILES string of the molecule is Cc1cc(=O)oc2cc(NC(=O)c3ccc(C(F)(F)F)cc3)ccc12. The summed E-state index contributed by atoms with van der Waals surface area (Å²) in [5.41, 5.74) is 0.176. The number of nitrogens with one attached hydrogen (secondary N) is 1. The van der Waals surface area contributed by atoms with Crippen LogP contribution in [0.1, 0.15) is 21.5 Å². The number of carbonyl (C=O) groups excluding carboxylic acids is 1. The number of amides is 1. The minimum atomic E-state index is -4.46. The van der Waals surface area contributed by atoms with E-state index in [4.69, 9.17) is 4.42 Å². The van der Waals surface area contributed by atoms with Crippen LogP contribution in [0, 0.1) is 6.92 Å². The Balaban J connectivity index is 1.85. The van der Waals surface area contributed by atoms with Crippen LogP contribution in [0.25, 0.3) is 11.0 Å². The molecule has 0 radical (unpaired) electrons. The molecule has 1 heterocycles. The average Bonchev–Trinajstić information content (AvgIpc) is 2.53. The molecule has 1 amide bonds. The van der Waals surface area contributed by atoms with Crippen LogP contribution in [0.3, 0.4) is 0 Å². The standard InChI is InChI=1S/C18H12F3NO3/c1-10-8-16(23)25-15-9-13(6-7-14(10)15)22-17(24)11-2-4-12(5-3-11)18(19,20)21/h2-9H,1H3,(H,22,24). The Morgan fingerprint density at radius 3 is 2.36 bits per heavy atom. The Morgan fingerprint density at radius 1 is 1.04 bits per heavy atom. The summed E-state index contributed by atoms with van der Waals surface area (Å²) in [6, 6.07) is 10.1. The topological polar surface area (TPSA) is 59.3 Å². The van der Waals surface area contributed by atoms with Gasteiger partial charge in [0, 0.05) is 28.8 Å². The van der Waals surface area contributed by atoms with Gasteiger partial charge in [0.05, 0.1) is 5.56 Å². The molecule has 0 bridgehead atoms. The van der Waals surface area contributed by atoms with Gasteiger partial charge in [-0.1, -0.05) is 0 Å². The summed E-state index contributed by atoms with van der Waals surface area (Å²) in [7, 11) is 0. The Labute approximate surface area is 139 Å². The lowest BCUT2D eigenvalue weighted by atomic mass is 10.1. The lowest BCUT2D eigenvalue weighted by molar-refractivity contribution is -0.137. The third kappa shape index (κ3) is 3.55. The molecule has 0 spiro atoms. The van der Waals surface area contributed by atoms with Crippen LogP contribution in [-0.2, 0) is 6.18 Å². The largest absolute Gasteiger partial charge is 0.423 e. The Morgan fingerprint density at radius 2 is 1.72 bits per heavy atom. The third-order valence-corrected chi connectivity index (χ3v) is 3.68. The van der Waals surface area contributed by atoms with Gasteiger partial charge in [0.25, 0.3) is 5.91 Å². The molecule has 3 rings (SSSR count). The van der Waals surface area contributed by atoms with Crippen LogP contribution in [0.2, 0.25) is 0 Å².